The third-order valence-corrected chi connectivity index (χ3v) is 2.87. The minimum atomic E-state index is 0.471. The minimum absolute atomic E-state index is 0.471. The van der Waals surface area contributed by atoms with Crippen molar-refractivity contribution in [2.24, 2.45) is 5.73 Å². The zero-order valence-corrected chi connectivity index (χ0v) is 11.3. The van der Waals surface area contributed by atoms with Gasteiger partial charge in [0.2, 0.25) is 0 Å². The number of benzene rings is 1. The lowest BCUT2D eigenvalue weighted by atomic mass is 10.2. The Morgan fingerprint density at radius 2 is 2.11 bits per heavy atom. The lowest BCUT2D eigenvalue weighted by Gasteiger charge is -2.11. The summed E-state index contributed by atoms with van der Waals surface area (Å²) in [5.74, 6) is 1.41. The van der Waals surface area contributed by atoms with Crippen molar-refractivity contribution in [3.05, 3.63) is 41.7 Å². The highest BCUT2D eigenvalue weighted by Crippen LogP contribution is 2.28. The maximum absolute atomic E-state index is 5.75. The fourth-order valence-electron chi connectivity index (χ4n) is 1.77. The van der Waals surface area contributed by atoms with Crippen molar-refractivity contribution in [1.29, 1.82) is 0 Å². The standard InChI is InChI=1S/C14H19N3O2/c1-3-17-9-12(8-16-17)10-19-13-5-4-11(7-15)6-14(13)18-2/h4-6,8-9H,3,7,10,15H2,1-2H3. The number of hydrogen-bond donors (Lipinski definition) is 1. The quantitative estimate of drug-likeness (QED) is 0.863. The van der Waals surface area contributed by atoms with Crippen molar-refractivity contribution < 1.29 is 9.47 Å². The molecule has 2 aromatic rings. The van der Waals surface area contributed by atoms with Crippen LogP contribution in [0.15, 0.2) is 30.6 Å². The number of nitrogens with zero attached hydrogens (tertiary/aromatic N) is 2. The second-order valence-corrected chi connectivity index (χ2v) is 4.18. The second kappa shape index (κ2) is 6.24. The van der Waals surface area contributed by atoms with E-state index < -0.39 is 0 Å². The molecule has 0 amide bonds. The predicted molar refractivity (Wildman–Crippen MR) is 73.1 cm³/mol. The Kier molecular flexibility index (Phi) is 4.41. The van der Waals surface area contributed by atoms with Gasteiger partial charge in [0.15, 0.2) is 11.5 Å². The molecular weight excluding hydrogens is 242 g/mol. The Morgan fingerprint density at radius 3 is 2.74 bits per heavy atom. The number of ether oxygens (including phenoxy) is 2. The van der Waals surface area contributed by atoms with Gasteiger partial charge < -0.3 is 15.2 Å². The van der Waals surface area contributed by atoms with Gasteiger partial charge in [0, 0.05) is 24.8 Å². The van der Waals surface area contributed by atoms with E-state index in [-0.39, 0.29) is 0 Å². The largest absolute Gasteiger partial charge is 0.493 e. The molecule has 19 heavy (non-hydrogen) atoms. The van der Waals surface area contributed by atoms with Crippen molar-refractivity contribution >= 4 is 0 Å². The van der Waals surface area contributed by atoms with Crippen LogP contribution < -0.4 is 15.2 Å². The van der Waals surface area contributed by atoms with Crippen LogP contribution in [0.1, 0.15) is 18.1 Å². The molecule has 0 fully saturated rings. The first-order valence-corrected chi connectivity index (χ1v) is 6.28. The van der Waals surface area contributed by atoms with E-state index in [0.29, 0.717) is 24.7 Å². The van der Waals surface area contributed by atoms with E-state index >= 15 is 0 Å². The molecule has 0 unspecified atom stereocenters. The number of hydrogen-bond acceptors (Lipinski definition) is 4. The zero-order valence-electron chi connectivity index (χ0n) is 11.3. The molecule has 2 N–H and O–H groups in total. The SMILES string of the molecule is CCn1cc(COc2ccc(CN)cc2OC)cn1. The van der Waals surface area contributed by atoms with E-state index in [1.807, 2.05) is 42.2 Å². The number of rotatable bonds is 6. The third kappa shape index (κ3) is 3.26. The van der Waals surface area contributed by atoms with Gasteiger partial charge in [-0.05, 0) is 24.6 Å². The summed E-state index contributed by atoms with van der Waals surface area (Å²) in [5.41, 5.74) is 7.65. The summed E-state index contributed by atoms with van der Waals surface area (Å²) >= 11 is 0. The third-order valence-electron chi connectivity index (χ3n) is 2.87. The molecule has 5 nitrogen and oxygen atoms in total. The van der Waals surface area contributed by atoms with Gasteiger partial charge in [0.1, 0.15) is 6.61 Å². The highest BCUT2D eigenvalue weighted by atomic mass is 16.5. The van der Waals surface area contributed by atoms with Gasteiger partial charge in [-0.2, -0.15) is 5.10 Å². The summed E-state index contributed by atoms with van der Waals surface area (Å²) in [4.78, 5) is 0. The van der Waals surface area contributed by atoms with Gasteiger partial charge in [-0.15, -0.1) is 0 Å². The van der Waals surface area contributed by atoms with Crippen LogP contribution in [0.4, 0.5) is 0 Å². The average molecular weight is 261 g/mol. The Morgan fingerprint density at radius 1 is 1.26 bits per heavy atom. The number of aryl methyl sites for hydroxylation is 1. The topological polar surface area (TPSA) is 62.3 Å². The average Bonchev–Trinajstić information content (AvgIpc) is 2.92. The van der Waals surface area contributed by atoms with Crippen molar-refractivity contribution in [1.82, 2.24) is 9.78 Å². The van der Waals surface area contributed by atoms with Crippen LogP contribution in [0.5, 0.6) is 11.5 Å². The van der Waals surface area contributed by atoms with Crippen molar-refractivity contribution in [2.45, 2.75) is 26.6 Å². The Bertz CT molecular complexity index is 537. The van der Waals surface area contributed by atoms with Crippen molar-refractivity contribution in [3.63, 3.8) is 0 Å². The molecule has 0 aliphatic carbocycles. The molecule has 102 valence electrons. The Balaban J connectivity index is 2.06. The van der Waals surface area contributed by atoms with Crippen molar-refractivity contribution in [2.75, 3.05) is 7.11 Å². The summed E-state index contributed by atoms with van der Waals surface area (Å²) in [6.07, 6.45) is 3.78. The van der Waals surface area contributed by atoms with Gasteiger partial charge in [-0.25, -0.2) is 0 Å². The Labute approximate surface area is 112 Å². The van der Waals surface area contributed by atoms with Crippen LogP contribution >= 0.6 is 0 Å². The molecule has 2 rings (SSSR count). The van der Waals surface area contributed by atoms with E-state index in [4.69, 9.17) is 15.2 Å². The summed E-state index contributed by atoms with van der Waals surface area (Å²) in [7, 11) is 1.62. The van der Waals surface area contributed by atoms with Crippen LogP contribution in [-0.2, 0) is 19.7 Å². The van der Waals surface area contributed by atoms with E-state index in [2.05, 4.69) is 5.10 Å². The monoisotopic (exact) mass is 261 g/mol. The molecule has 0 aliphatic heterocycles. The maximum Gasteiger partial charge on any atom is 0.161 e. The molecule has 0 saturated carbocycles. The first-order valence-electron chi connectivity index (χ1n) is 6.28. The van der Waals surface area contributed by atoms with Crippen LogP contribution in [-0.4, -0.2) is 16.9 Å². The molecule has 0 atom stereocenters. The summed E-state index contributed by atoms with van der Waals surface area (Å²) in [5, 5.41) is 4.21. The fourth-order valence-corrected chi connectivity index (χ4v) is 1.77. The summed E-state index contributed by atoms with van der Waals surface area (Å²) in [6.45, 7) is 3.86. The molecular formula is C14H19N3O2. The summed E-state index contributed by atoms with van der Waals surface area (Å²) < 4.78 is 12.9. The Hall–Kier alpha value is -2.01. The van der Waals surface area contributed by atoms with Gasteiger partial charge in [0.05, 0.1) is 13.3 Å². The first kappa shape index (κ1) is 13.4. The zero-order chi connectivity index (χ0) is 13.7. The van der Waals surface area contributed by atoms with E-state index in [0.717, 1.165) is 17.7 Å². The molecule has 0 bridgehead atoms. The molecule has 0 spiro atoms. The lowest BCUT2D eigenvalue weighted by molar-refractivity contribution is 0.284. The summed E-state index contributed by atoms with van der Waals surface area (Å²) in [6, 6.07) is 5.71. The molecule has 0 radical (unpaired) electrons. The second-order valence-electron chi connectivity index (χ2n) is 4.18. The molecule has 0 saturated heterocycles. The fraction of sp³-hybridized carbons (Fsp3) is 0.357. The van der Waals surface area contributed by atoms with E-state index in [9.17, 15) is 0 Å². The molecule has 1 aromatic carbocycles. The van der Waals surface area contributed by atoms with Gasteiger partial charge in [-0.3, -0.25) is 4.68 Å². The highest BCUT2D eigenvalue weighted by molar-refractivity contribution is 5.43. The van der Waals surface area contributed by atoms with Crippen LogP contribution in [0.3, 0.4) is 0 Å². The molecule has 0 aliphatic rings. The smallest absolute Gasteiger partial charge is 0.161 e. The van der Waals surface area contributed by atoms with Gasteiger partial charge >= 0.3 is 0 Å². The predicted octanol–water partition coefficient (Wildman–Crippen LogP) is 1.95. The maximum atomic E-state index is 5.75. The highest BCUT2D eigenvalue weighted by Gasteiger charge is 2.06. The minimum Gasteiger partial charge on any atom is -0.493 e. The number of aromatic nitrogens is 2. The van der Waals surface area contributed by atoms with E-state index in [1.54, 1.807) is 7.11 Å². The normalized spacial score (nSPS) is 10.5. The van der Waals surface area contributed by atoms with E-state index in [1.165, 1.54) is 0 Å². The lowest BCUT2D eigenvalue weighted by Crippen LogP contribution is -2.00. The number of nitrogens with two attached hydrogens (primary N) is 1. The van der Waals surface area contributed by atoms with Crippen LogP contribution in [0.25, 0.3) is 0 Å². The number of methoxy groups -OCH3 is 1. The molecule has 1 heterocycles. The first-order chi connectivity index (χ1) is 9.26. The van der Waals surface area contributed by atoms with Crippen LogP contribution in [0.2, 0.25) is 0 Å². The van der Waals surface area contributed by atoms with Gasteiger partial charge in [-0.1, -0.05) is 6.07 Å². The molecule has 5 heteroatoms. The molecule has 1 aromatic heterocycles. The van der Waals surface area contributed by atoms with Gasteiger partial charge in [0.25, 0.3) is 0 Å². The van der Waals surface area contributed by atoms with Crippen LogP contribution in [0, 0.1) is 0 Å². The van der Waals surface area contributed by atoms with Crippen molar-refractivity contribution in [3.8, 4) is 11.5 Å².